The lowest BCUT2D eigenvalue weighted by molar-refractivity contribution is -0.137. The van der Waals surface area contributed by atoms with E-state index >= 15 is 0 Å². The fourth-order valence-electron chi connectivity index (χ4n) is 2.25. The van der Waals surface area contributed by atoms with Crippen molar-refractivity contribution in [3.05, 3.63) is 47.4 Å². The second-order valence-electron chi connectivity index (χ2n) is 5.60. The van der Waals surface area contributed by atoms with Crippen LogP contribution in [0.4, 0.5) is 24.7 Å². The lowest BCUT2D eigenvalue weighted by Crippen LogP contribution is -2.26. The number of carbonyl (C=O) groups excluding carboxylic acids is 1. The predicted molar refractivity (Wildman–Crippen MR) is 92.5 cm³/mol. The van der Waals surface area contributed by atoms with Gasteiger partial charge in [0.05, 0.1) is 29.0 Å². The minimum absolute atomic E-state index is 0.0847. The van der Waals surface area contributed by atoms with E-state index in [2.05, 4.69) is 25.8 Å². The second-order valence-corrected chi connectivity index (χ2v) is 6.01. The predicted octanol–water partition coefficient (Wildman–Crippen LogP) is 3.34. The van der Waals surface area contributed by atoms with E-state index in [1.54, 1.807) is 18.3 Å². The Balaban J connectivity index is 1.52. The summed E-state index contributed by atoms with van der Waals surface area (Å²) in [6, 6.07) is 4.14. The van der Waals surface area contributed by atoms with Crippen LogP contribution in [-0.2, 0) is 15.8 Å². The van der Waals surface area contributed by atoms with Crippen molar-refractivity contribution < 1.29 is 22.8 Å². The van der Waals surface area contributed by atoms with Gasteiger partial charge in [-0.05, 0) is 18.2 Å². The van der Waals surface area contributed by atoms with E-state index in [0.717, 1.165) is 6.07 Å². The van der Waals surface area contributed by atoms with Crippen molar-refractivity contribution in [2.75, 3.05) is 17.2 Å². The van der Waals surface area contributed by atoms with E-state index in [0.29, 0.717) is 11.9 Å². The first-order valence-corrected chi connectivity index (χ1v) is 8.11. The van der Waals surface area contributed by atoms with Crippen LogP contribution in [0.2, 0.25) is 5.02 Å². The summed E-state index contributed by atoms with van der Waals surface area (Å²) in [6.07, 6.45) is -1.03. The molecule has 0 aromatic carbocycles. The summed E-state index contributed by atoms with van der Waals surface area (Å²) in [7, 11) is 0. The van der Waals surface area contributed by atoms with E-state index in [1.807, 2.05) is 0 Å². The maximum atomic E-state index is 12.6. The van der Waals surface area contributed by atoms with E-state index in [-0.39, 0.29) is 29.5 Å². The van der Waals surface area contributed by atoms with Crippen molar-refractivity contribution in [3.8, 4) is 0 Å². The van der Waals surface area contributed by atoms with Crippen LogP contribution < -0.4 is 10.6 Å². The number of halogens is 4. The van der Waals surface area contributed by atoms with Crippen LogP contribution in [0.25, 0.3) is 0 Å². The topological polar surface area (TPSA) is 88.5 Å². The summed E-state index contributed by atoms with van der Waals surface area (Å²) >= 11 is 5.83. The summed E-state index contributed by atoms with van der Waals surface area (Å²) in [6.45, 7) is 0.158. The van der Waals surface area contributed by atoms with Crippen molar-refractivity contribution in [1.82, 2.24) is 9.97 Å². The molecule has 2 aromatic rings. The van der Waals surface area contributed by atoms with Crippen LogP contribution in [0.3, 0.4) is 0 Å². The monoisotopic (exact) mass is 399 g/mol. The molecule has 2 N–H and O–H groups in total. The number of aromatic nitrogens is 2. The molecule has 1 atom stereocenters. The van der Waals surface area contributed by atoms with Gasteiger partial charge in [-0.25, -0.2) is 4.98 Å². The number of hydrogen-bond donors (Lipinski definition) is 2. The van der Waals surface area contributed by atoms with Gasteiger partial charge in [0.15, 0.2) is 6.10 Å². The molecule has 0 saturated heterocycles. The average Bonchev–Trinajstić information content (AvgIpc) is 3.10. The molecule has 142 valence electrons. The average molecular weight is 400 g/mol. The third kappa shape index (κ3) is 4.85. The molecule has 3 heterocycles. The van der Waals surface area contributed by atoms with Crippen molar-refractivity contribution in [1.29, 1.82) is 0 Å². The summed E-state index contributed by atoms with van der Waals surface area (Å²) in [5.74, 6) is -0.335. The highest BCUT2D eigenvalue weighted by Gasteiger charge is 2.32. The third-order valence-electron chi connectivity index (χ3n) is 3.58. The van der Waals surface area contributed by atoms with E-state index < -0.39 is 23.8 Å². The lowest BCUT2D eigenvalue weighted by Gasteiger charge is -2.13. The largest absolute Gasteiger partial charge is 0.417 e. The Hall–Kier alpha value is -2.88. The number of pyridine rings is 2. The summed E-state index contributed by atoms with van der Waals surface area (Å²) in [5, 5.41) is 9.00. The maximum Gasteiger partial charge on any atom is 0.417 e. The lowest BCUT2D eigenvalue weighted by atomic mass is 10.1. The van der Waals surface area contributed by atoms with Gasteiger partial charge in [0.1, 0.15) is 11.5 Å². The number of oxime groups is 1. The molecule has 11 heteroatoms. The summed E-state index contributed by atoms with van der Waals surface area (Å²) < 4.78 is 37.8. The molecule has 0 aliphatic carbocycles. The second kappa shape index (κ2) is 7.78. The van der Waals surface area contributed by atoms with Gasteiger partial charge in [-0.2, -0.15) is 13.2 Å². The highest BCUT2D eigenvalue weighted by molar-refractivity contribution is 6.43. The smallest absolute Gasteiger partial charge is 0.390 e. The first-order valence-electron chi connectivity index (χ1n) is 7.73. The fourth-order valence-corrected chi connectivity index (χ4v) is 2.48. The molecular formula is C16H13ClF3N5O2. The van der Waals surface area contributed by atoms with Gasteiger partial charge in [0.2, 0.25) is 0 Å². The van der Waals surface area contributed by atoms with Crippen LogP contribution in [-0.4, -0.2) is 34.2 Å². The van der Waals surface area contributed by atoms with Crippen LogP contribution in [0.15, 0.2) is 41.9 Å². The molecule has 0 bridgehead atoms. The number of nitrogens with one attached hydrogen (secondary N) is 2. The number of nitrogens with zero attached hydrogens (tertiary/aromatic N) is 3. The van der Waals surface area contributed by atoms with Crippen molar-refractivity contribution >= 4 is 34.7 Å². The van der Waals surface area contributed by atoms with Gasteiger partial charge in [0, 0.05) is 18.8 Å². The summed E-state index contributed by atoms with van der Waals surface area (Å²) in [5.41, 5.74) is -0.225. The molecule has 3 rings (SSSR count). The van der Waals surface area contributed by atoms with Crippen LogP contribution in [0.1, 0.15) is 12.0 Å². The molecule has 0 radical (unpaired) electrons. The number of anilines is 2. The Morgan fingerprint density at radius 2 is 2.19 bits per heavy atom. The molecule has 2 aromatic heterocycles. The molecule has 7 nitrogen and oxygen atoms in total. The minimum Gasteiger partial charge on any atom is -0.390 e. The first kappa shape index (κ1) is 18.9. The molecule has 1 aliphatic rings. The number of alkyl halides is 3. The highest BCUT2D eigenvalue weighted by Crippen LogP contribution is 2.32. The van der Waals surface area contributed by atoms with Crippen LogP contribution in [0, 0.1) is 0 Å². The first-order chi connectivity index (χ1) is 12.8. The fraction of sp³-hybridized carbons (Fsp3) is 0.250. The molecule has 1 aliphatic heterocycles. The van der Waals surface area contributed by atoms with Gasteiger partial charge in [-0.15, -0.1) is 0 Å². The Morgan fingerprint density at radius 1 is 1.37 bits per heavy atom. The Kier molecular flexibility index (Phi) is 5.45. The van der Waals surface area contributed by atoms with E-state index in [9.17, 15) is 18.0 Å². The standard InChI is InChI=1S/C16H13ClF3N5O2/c17-12-4-9(16(18,19)20)6-22-14(12)23-8-11-5-13(25-27-11)15(26)24-10-2-1-3-21-7-10/h1-4,6-7,11H,5,8H2,(H,22,23)(H,24,26). The maximum absolute atomic E-state index is 12.6. The van der Waals surface area contributed by atoms with Crippen LogP contribution >= 0.6 is 11.6 Å². The Morgan fingerprint density at radius 3 is 2.85 bits per heavy atom. The molecule has 1 amide bonds. The van der Waals surface area contributed by atoms with Gasteiger partial charge in [-0.1, -0.05) is 16.8 Å². The van der Waals surface area contributed by atoms with Gasteiger partial charge >= 0.3 is 6.18 Å². The van der Waals surface area contributed by atoms with E-state index in [1.165, 1.54) is 6.20 Å². The molecule has 27 heavy (non-hydrogen) atoms. The molecule has 1 unspecified atom stereocenters. The SMILES string of the molecule is O=C(Nc1cccnc1)C1=NOC(CNc2ncc(C(F)(F)F)cc2Cl)C1. The molecular weight excluding hydrogens is 387 g/mol. The van der Waals surface area contributed by atoms with Crippen molar-refractivity contribution in [3.63, 3.8) is 0 Å². The van der Waals surface area contributed by atoms with Crippen molar-refractivity contribution in [2.45, 2.75) is 18.7 Å². The summed E-state index contributed by atoms with van der Waals surface area (Å²) in [4.78, 5) is 24.8. The minimum atomic E-state index is -4.52. The zero-order valence-corrected chi connectivity index (χ0v) is 14.4. The zero-order valence-electron chi connectivity index (χ0n) is 13.6. The van der Waals surface area contributed by atoms with Crippen LogP contribution in [0.5, 0.6) is 0 Å². The zero-order chi connectivity index (χ0) is 19.4. The van der Waals surface area contributed by atoms with E-state index in [4.69, 9.17) is 16.4 Å². The Bertz CT molecular complexity index is 861. The number of rotatable bonds is 5. The number of amides is 1. The number of hydrogen-bond acceptors (Lipinski definition) is 6. The molecule has 0 fully saturated rings. The van der Waals surface area contributed by atoms with Crippen molar-refractivity contribution in [2.24, 2.45) is 5.16 Å². The quantitative estimate of drug-likeness (QED) is 0.805. The normalized spacial score (nSPS) is 16.4. The van der Waals surface area contributed by atoms with Gasteiger partial charge in [0.25, 0.3) is 5.91 Å². The molecule has 0 saturated carbocycles. The van der Waals surface area contributed by atoms with Gasteiger partial charge in [-0.3, -0.25) is 9.78 Å². The molecule has 0 spiro atoms. The van der Waals surface area contributed by atoms with Gasteiger partial charge < -0.3 is 15.5 Å². The highest BCUT2D eigenvalue weighted by atomic mass is 35.5. The Labute approximate surface area is 156 Å². The third-order valence-corrected chi connectivity index (χ3v) is 3.87. The number of carbonyl (C=O) groups is 1.